The van der Waals surface area contributed by atoms with Crippen LogP contribution in [-0.2, 0) is 0 Å². The summed E-state index contributed by atoms with van der Waals surface area (Å²) < 4.78 is 16.8. The minimum absolute atomic E-state index is 0.175. The Bertz CT molecular complexity index is 295. The van der Waals surface area contributed by atoms with Crippen molar-refractivity contribution in [2.24, 2.45) is 0 Å². The van der Waals surface area contributed by atoms with E-state index in [9.17, 15) is 4.39 Å². The minimum atomic E-state index is -0.184. The van der Waals surface area contributed by atoms with Gasteiger partial charge in [-0.25, -0.2) is 4.68 Å². The first kappa shape index (κ1) is 11.7. The summed E-state index contributed by atoms with van der Waals surface area (Å²) in [7, 11) is 0. The number of aromatic nitrogens is 2. The van der Waals surface area contributed by atoms with Crippen LogP contribution >= 0.6 is 45.2 Å². The van der Waals surface area contributed by atoms with Gasteiger partial charge >= 0.3 is 0 Å². The van der Waals surface area contributed by atoms with E-state index in [1.165, 1.54) is 4.68 Å². The summed E-state index contributed by atoms with van der Waals surface area (Å²) in [5, 5.41) is 4.18. The first-order chi connectivity index (χ1) is 6.11. The van der Waals surface area contributed by atoms with Crippen LogP contribution in [-0.4, -0.2) is 18.6 Å². The quantitative estimate of drug-likeness (QED) is 0.556. The summed E-state index contributed by atoms with van der Waals surface area (Å²) in [6.45, 7) is 3.61. The van der Waals surface area contributed by atoms with Crippen molar-refractivity contribution >= 4 is 45.2 Å². The van der Waals surface area contributed by atoms with Gasteiger partial charge in [-0.1, -0.05) is 45.2 Å². The molecule has 0 aliphatic carbocycles. The highest BCUT2D eigenvalue weighted by molar-refractivity contribution is 14.1. The first-order valence-electron chi connectivity index (χ1n) is 3.95. The average molecular weight is 408 g/mol. The molecule has 1 aromatic rings. The van der Waals surface area contributed by atoms with Crippen molar-refractivity contribution in [3.8, 4) is 0 Å². The Morgan fingerprint density at radius 3 is 2.23 bits per heavy atom. The standard InChI is InChI=1S/C8H11FI2N2/c1-5-6(2)12-13(8(5)9)7(3-10)4-11/h7H,3-4H2,1-2H3. The molecule has 0 saturated carbocycles. The van der Waals surface area contributed by atoms with Crippen molar-refractivity contribution in [1.82, 2.24) is 9.78 Å². The molecule has 0 N–H and O–H groups in total. The van der Waals surface area contributed by atoms with Gasteiger partial charge in [0.2, 0.25) is 5.95 Å². The highest BCUT2D eigenvalue weighted by Crippen LogP contribution is 2.19. The van der Waals surface area contributed by atoms with Gasteiger partial charge in [0, 0.05) is 14.4 Å². The normalized spacial score (nSPS) is 11.2. The molecule has 2 nitrogen and oxygen atoms in total. The largest absolute Gasteiger partial charge is 0.234 e. The topological polar surface area (TPSA) is 17.8 Å². The lowest BCUT2D eigenvalue weighted by Crippen LogP contribution is -2.15. The van der Waals surface area contributed by atoms with Crippen molar-refractivity contribution in [3.63, 3.8) is 0 Å². The van der Waals surface area contributed by atoms with Crippen LogP contribution in [0.1, 0.15) is 17.3 Å². The fourth-order valence-corrected chi connectivity index (χ4v) is 3.58. The maximum absolute atomic E-state index is 13.5. The number of rotatable bonds is 3. The smallest absolute Gasteiger partial charge is 0.214 e. The maximum Gasteiger partial charge on any atom is 0.214 e. The number of alkyl halides is 2. The zero-order valence-electron chi connectivity index (χ0n) is 7.52. The molecule has 5 heteroatoms. The summed E-state index contributed by atoms with van der Waals surface area (Å²) in [6.07, 6.45) is 0. The van der Waals surface area contributed by atoms with E-state index in [1.807, 2.05) is 6.92 Å². The van der Waals surface area contributed by atoms with Crippen LogP contribution in [0.5, 0.6) is 0 Å². The molecular formula is C8H11FI2N2. The zero-order chi connectivity index (χ0) is 10.0. The third-order valence-corrected chi connectivity index (χ3v) is 4.05. The van der Waals surface area contributed by atoms with E-state index in [0.29, 0.717) is 5.56 Å². The van der Waals surface area contributed by atoms with E-state index in [4.69, 9.17) is 0 Å². The number of hydrogen-bond donors (Lipinski definition) is 0. The zero-order valence-corrected chi connectivity index (χ0v) is 11.8. The Morgan fingerprint density at radius 2 is 1.92 bits per heavy atom. The van der Waals surface area contributed by atoms with Crippen LogP contribution < -0.4 is 0 Å². The van der Waals surface area contributed by atoms with Gasteiger partial charge in [-0.2, -0.15) is 9.49 Å². The molecular weight excluding hydrogens is 397 g/mol. The molecule has 13 heavy (non-hydrogen) atoms. The molecule has 0 saturated heterocycles. The van der Waals surface area contributed by atoms with Gasteiger partial charge in [-0.05, 0) is 13.8 Å². The predicted molar refractivity (Wildman–Crippen MR) is 68.5 cm³/mol. The molecule has 1 aromatic heterocycles. The number of nitrogens with zero attached hydrogens (tertiary/aromatic N) is 2. The van der Waals surface area contributed by atoms with Gasteiger partial charge in [-0.3, -0.25) is 0 Å². The molecule has 0 amide bonds. The predicted octanol–water partition coefficient (Wildman–Crippen LogP) is 3.05. The molecule has 0 aliphatic heterocycles. The molecule has 0 unspecified atom stereocenters. The second kappa shape index (κ2) is 4.90. The fourth-order valence-electron chi connectivity index (χ4n) is 1.02. The molecule has 1 rings (SSSR count). The minimum Gasteiger partial charge on any atom is -0.234 e. The Morgan fingerprint density at radius 1 is 1.38 bits per heavy atom. The number of aryl methyl sites for hydroxylation is 1. The van der Waals surface area contributed by atoms with Crippen LogP contribution in [0.2, 0.25) is 0 Å². The third-order valence-electron chi connectivity index (χ3n) is 2.01. The monoisotopic (exact) mass is 408 g/mol. The Kier molecular flexibility index (Phi) is 4.40. The van der Waals surface area contributed by atoms with Gasteiger partial charge in [0.1, 0.15) is 0 Å². The SMILES string of the molecule is Cc1nn(C(CI)CI)c(F)c1C. The Balaban J connectivity index is 3.06. The molecule has 0 aliphatic rings. The van der Waals surface area contributed by atoms with Crippen LogP contribution in [0.15, 0.2) is 0 Å². The van der Waals surface area contributed by atoms with Crippen molar-refractivity contribution < 1.29 is 4.39 Å². The van der Waals surface area contributed by atoms with Gasteiger partial charge in [0.15, 0.2) is 0 Å². The van der Waals surface area contributed by atoms with E-state index >= 15 is 0 Å². The van der Waals surface area contributed by atoms with Gasteiger partial charge in [0.05, 0.1) is 11.7 Å². The molecule has 0 fully saturated rings. The average Bonchev–Trinajstić information content (AvgIpc) is 2.36. The Labute approximate surface area is 105 Å². The summed E-state index contributed by atoms with van der Waals surface area (Å²) in [5.74, 6) is -0.184. The summed E-state index contributed by atoms with van der Waals surface area (Å²) in [6, 6.07) is 0.175. The first-order valence-corrected chi connectivity index (χ1v) is 7.00. The summed E-state index contributed by atoms with van der Waals surface area (Å²) >= 11 is 4.52. The van der Waals surface area contributed by atoms with Crippen LogP contribution in [0.25, 0.3) is 0 Å². The molecule has 0 bridgehead atoms. The van der Waals surface area contributed by atoms with E-state index in [-0.39, 0.29) is 12.0 Å². The van der Waals surface area contributed by atoms with Gasteiger partial charge in [0.25, 0.3) is 0 Å². The maximum atomic E-state index is 13.5. The van der Waals surface area contributed by atoms with Crippen LogP contribution in [0, 0.1) is 19.8 Å². The van der Waals surface area contributed by atoms with E-state index in [1.54, 1.807) is 6.92 Å². The van der Waals surface area contributed by atoms with Crippen molar-refractivity contribution in [3.05, 3.63) is 17.2 Å². The lowest BCUT2D eigenvalue weighted by Gasteiger charge is -2.11. The lowest BCUT2D eigenvalue weighted by atomic mass is 10.3. The van der Waals surface area contributed by atoms with Gasteiger partial charge < -0.3 is 0 Å². The van der Waals surface area contributed by atoms with Crippen molar-refractivity contribution in [2.45, 2.75) is 19.9 Å². The van der Waals surface area contributed by atoms with Crippen molar-refractivity contribution in [2.75, 3.05) is 8.86 Å². The lowest BCUT2D eigenvalue weighted by molar-refractivity contribution is 0.425. The van der Waals surface area contributed by atoms with E-state index in [0.717, 1.165) is 14.5 Å². The molecule has 1 heterocycles. The second-order valence-corrected chi connectivity index (χ2v) is 4.67. The van der Waals surface area contributed by atoms with Gasteiger partial charge in [-0.15, -0.1) is 0 Å². The van der Waals surface area contributed by atoms with E-state index < -0.39 is 0 Å². The summed E-state index contributed by atoms with van der Waals surface area (Å²) in [5.41, 5.74) is 1.46. The van der Waals surface area contributed by atoms with Crippen LogP contribution in [0.4, 0.5) is 4.39 Å². The molecule has 74 valence electrons. The fraction of sp³-hybridized carbons (Fsp3) is 0.625. The highest BCUT2D eigenvalue weighted by atomic mass is 127. The molecule has 0 radical (unpaired) electrons. The molecule has 0 spiro atoms. The molecule has 0 atom stereocenters. The highest BCUT2D eigenvalue weighted by Gasteiger charge is 2.17. The van der Waals surface area contributed by atoms with Crippen molar-refractivity contribution in [1.29, 1.82) is 0 Å². The Hall–Kier alpha value is 0.600. The summed E-state index contributed by atoms with van der Waals surface area (Å²) in [4.78, 5) is 0. The number of hydrogen-bond acceptors (Lipinski definition) is 1. The van der Waals surface area contributed by atoms with E-state index in [2.05, 4.69) is 50.3 Å². The number of halogens is 3. The second-order valence-electron chi connectivity index (χ2n) is 2.91. The molecule has 0 aromatic carbocycles. The third kappa shape index (κ3) is 2.34. The van der Waals surface area contributed by atoms with Crippen LogP contribution in [0.3, 0.4) is 0 Å².